The van der Waals surface area contributed by atoms with Crippen molar-refractivity contribution in [2.24, 2.45) is 0 Å². The highest BCUT2D eigenvalue weighted by atomic mass is 79.9. The number of hydrogen-bond donors (Lipinski definition) is 2. The topological polar surface area (TPSA) is 79.9 Å². The molecule has 1 saturated heterocycles. The van der Waals surface area contributed by atoms with Gasteiger partial charge in [0.2, 0.25) is 5.91 Å². The van der Waals surface area contributed by atoms with Crippen LogP contribution >= 0.6 is 15.9 Å². The van der Waals surface area contributed by atoms with Crippen LogP contribution in [0.15, 0.2) is 53.0 Å². The number of nitrogens with zero attached hydrogens (tertiary/aromatic N) is 1. The lowest BCUT2D eigenvalue weighted by Crippen LogP contribution is -2.53. The number of likely N-dealkylation sites (tertiary alicyclic amines) is 1. The van der Waals surface area contributed by atoms with E-state index in [2.05, 4.69) is 26.6 Å². The first kappa shape index (κ1) is 22.1. The number of piperidine rings is 1. The number of methoxy groups -OCH3 is 2. The van der Waals surface area contributed by atoms with Crippen molar-refractivity contribution >= 4 is 33.6 Å². The van der Waals surface area contributed by atoms with E-state index in [1.165, 1.54) is 0 Å². The molecule has 2 N–H and O–H groups in total. The average Bonchev–Trinajstić information content (AvgIpc) is 2.75. The van der Waals surface area contributed by atoms with Gasteiger partial charge in [-0.2, -0.15) is 0 Å². The molecular formula is C22H26BrN3O4. The molecule has 3 amide bonds. The zero-order valence-corrected chi connectivity index (χ0v) is 18.6. The molecule has 30 heavy (non-hydrogen) atoms. The van der Waals surface area contributed by atoms with Gasteiger partial charge in [-0.05, 0) is 42.0 Å². The number of carbonyl (C=O) groups excluding carboxylic acids is 2. The van der Waals surface area contributed by atoms with Crippen LogP contribution in [0.1, 0.15) is 17.9 Å². The first-order chi connectivity index (χ1) is 14.5. The zero-order valence-electron chi connectivity index (χ0n) is 17.1. The van der Waals surface area contributed by atoms with E-state index in [9.17, 15) is 9.59 Å². The summed E-state index contributed by atoms with van der Waals surface area (Å²) in [4.78, 5) is 27.0. The minimum absolute atomic E-state index is 0.00533. The van der Waals surface area contributed by atoms with Gasteiger partial charge in [0.25, 0.3) is 0 Å². The Morgan fingerprint density at radius 3 is 2.47 bits per heavy atom. The van der Waals surface area contributed by atoms with Crippen molar-refractivity contribution in [3.05, 3.63) is 58.6 Å². The standard InChI is InChI=1S/C22H26BrN3O4/c1-29-12-11-26-14-19(15-3-9-18(30-2)10-4-15)20(13-21(26)27)25-22(28)24-17-7-5-16(23)6-8-17/h3-10,19-20H,11-14H2,1-2H3,(H2,24,25,28)/t19?,20-/m1/s1. The number of hydrogen-bond acceptors (Lipinski definition) is 4. The van der Waals surface area contributed by atoms with Crippen molar-refractivity contribution in [3.63, 3.8) is 0 Å². The molecular weight excluding hydrogens is 450 g/mol. The summed E-state index contributed by atoms with van der Waals surface area (Å²) in [6.07, 6.45) is 0.230. The maximum atomic E-state index is 12.6. The quantitative estimate of drug-likeness (QED) is 0.640. The van der Waals surface area contributed by atoms with Crippen molar-refractivity contribution < 1.29 is 19.1 Å². The molecule has 3 rings (SSSR count). The molecule has 0 aromatic heterocycles. The molecule has 7 nitrogen and oxygen atoms in total. The van der Waals surface area contributed by atoms with E-state index in [0.717, 1.165) is 15.8 Å². The summed E-state index contributed by atoms with van der Waals surface area (Å²) in [5.41, 5.74) is 1.72. The predicted octanol–water partition coefficient (Wildman–Crippen LogP) is 3.61. The molecule has 160 valence electrons. The lowest BCUT2D eigenvalue weighted by Gasteiger charge is -2.38. The van der Waals surface area contributed by atoms with Crippen LogP contribution in [0.4, 0.5) is 10.5 Å². The summed E-state index contributed by atoms with van der Waals surface area (Å²) in [7, 11) is 3.24. The van der Waals surface area contributed by atoms with Gasteiger partial charge >= 0.3 is 6.03 Å². The van der Waals surface area contributed by atoms with Gasteiger partial charge in [-0.25, -0.2) is 4.79 Å². The number of benzene rings is 2. The van der Waals surface area contributed by atoms with Gasteiger partial charge in [0.15, 0.2) is 0 Å². The summed E-state index contributed by atoms with van der Waals surface area (Å²) >= 11 is 3.38. The van der Waals surface area contributed by atoms with Crippen LogP contribution in [0.2, 0.25) is 0 Å². The first-order valence-electron chi connectivity index (χ1n) is 9.74. The van der Waals surface area contributed by atoms with Crippen molar-refractivity contribution in [2.75, 3.05) is 39.2 Å². The third-order valence-electron chi connectivity index (χ3n) is 5.18. The van der Waals surface area contributed by atoms with Gasteiger partial charge in [0.05, 0.1) is 13.7 Å². The third kappa shape index (κ3) is 5.73. The fraction of sp³-hybridized carbons (Fsp3) is 0.364. The maximum absolute atomic E-state index is 12.6. The predicted molar refractivity (Wildman–Crippen MR) is 119 cm³/mol. The number of halogens is 1. The molecule has 0 saturated carbocycles. The van der Waals surface area contributed by atoms with Crippen molar-refractivity contribution in [3.8, 4) is 5.75 Å². The summed E-state index contributed by atoms with van der Waals surface area (Å²) in [6.45, 7) is 1.51. The molecule has 2 aromatic carbocycles. The number of ether oxygens (including phenoxy) is 2. The van der Waals surface area contributed by atoms with Crippen LogP contribution in [0.5, 0.6) is 5.75 Å². The SMILES string of the molecule is COCCN1CC(c2ccc(OC)cc2)[C@H](NC(=O)Nc2ccc(Br)cc2)CC1=O. The van der Waals surface area contributed by atoms with E-state index in [0.29, 0.717) is 25.4 Å². The maximum Gasteiger partial charge on any atom is 0.319 e. The Morgan fingerprint density at radius 2 is 1.83 bits per heavy atom. The highest BCUT2D eigenvalue weighted by molar-refractivity contribution is 9.10. The van der Waals surface area contributed by atoms with E-state index in [4.69, 9.17) is 9.47 Å². The highest BCUT2D eigenvalue weighted by Gasteiger charge is 2.35. The largest absolute Gasteiger partial charge is 0.497 e. The number of carbonyl (C=O) groups is 2. The van der Waals surface area contributed by atoms with Crippen LogP contribution in [-0.4, -0.2) is 56.8 Å². The zero-order chi connectivity index (χ0) is 21.5. The van der Waals surface area contributed by atoms with Gasteiger partial charge in [0, 0.05) is 48.7 Å². The van der Waals surface area contributed by atoms with Gasteiger partial charge in [-0.3, -0.25) is 4.79 Å². The summed E-state index contributed by atoms with van der Waals surface area (Å²) < 4.78 is 11.3. The molecule has 1 aliphatic rings. The van der Waals surface area contributed by atoms with E-state index in [1.54, 1.807) is 19.1 Å². The van der Waals surface area contributed by atoms with E-state index in [-0.39, 0.29) is 30.3 Å². The van der Waals surface area contributed by atoms with Crippen molar-refractivity contribution in [1.82, 2.24) is 10.2 Å². The number of anilines is 1. The van der Waals surface area contributed by atoms with Crippen LogP contribution in [0.25, 0.3) is 0 Å². The number of amides is 3. The Bertz CT molecular complexity index is 858. The third-order valence-corrected chi connectivity index (χ3v) is 5.71. The number of nitrogens with one attached hydrogen (secondary N) is 2. The van der Waals surface area contributed by atoms with E-state index >= 15 is 0 Å². The van der Waals surface area contributed by atoms with Gasteiger partial charge in [-0.1, -0.05) is 28.1 Å². The Hall–Kier alpha value is -2.58. The second-order valence-corrected chi connectivity index (χ2v) is 8.04. The van der Waals surface area contributed by atoms with E-state index < -0.39 is 0 Å². The highest BCUT2D eigenvalue weighted by Crippen LogP contribution is 2.29. The lowest BCUT2D eigenvalue weighted by molar-refractivity contribution is -0.135. The lowest BCUT2D eigenvalue weighted by atomic mass is 9.85. The molecule has 1 unspecified atom stereocenters. The fourth-order valence-electron chi connectivity index (χ4n) is 3.55. The molecule has 0 spiro atoms. The average molecular weight is 476 g/mol. The summed E-state index contributed by atoms with van der Waals surface area (Å²) in [5, 5.41) is 5.83. The van der Waals surface area contributed by atoms with Crippen molar-refractivity contribution in [2.45, 2.75) is 18.4 Å². The molecule has 1 heterocycles. The van der Waals surface area contributed by atoms with Gasteiger partial charge in [-0.15, -0.1) is 0 Å². The molecule has 1 aliphatic heterocycles. The normalized spacial score (nSPS) is 18.8. The second-order valence-electron chi connectivity index (χ2n) is 7.13. The minimum atomic E-state index is -0.334. The van der Waals surface area contributed by atoms with E-state index in [1.807, 2.05) is 48.5 Å². The van der Waals surface area contributed by atoms with Crippen LogP contribution in [0.3, 0.4) is 0 Å². The molecule has 1 fully saturated rings. The Balaban J connectivity index is 1.75. The molecule has 0 radical (unpaired) electrons. The first-order valence-corrected chi connectivity index (χ1v) is 10.5. The second kappa shape index (κ2) is 10.4. The van der Waals surface area contributed by atoms with Crippen LogP contribution < -0.4 is 15.4 Å². The monoisotopic (exact) mass is 475 g/mol. The minimum Gasteiger partial charge on any atom is -0.497 e. The van der Waals surface area contributed by atoms with Gasteiger partial charge in [0.1, 0.15) is 5.75 Å². The molecule has 2 aromatic rings. The smallest absolute Gasteiger partial charge is 0.319 e. The van der Waals surface area contributed by atoms with Gasteiger partial charge < -0.3 is 25.0 Å². The molecule has 8 heteroatoms. The summed E-state index contributed by atoms with van der Waals surface area (Å²) in [6, 6.07) is 14.4. The Labute approximate surface area is 184 Å². The number of urea groups is 1. The molecule has 2 atom stereocenters. The Morgan fingerprint density at radius 1 is 1.13 bits per heavy atom. The Kier molecular flexibility index (Phi) is 7.70. The molecule has 0 bridgehead atoms. The van der Waals surface area contributed by atoms with Crippen LogP contribution in [-0.2, 0) is 9.53 Å². The molecule has 0 aliphatic carbocycles. The summed E-state index contributed by atoms with van der Waals surface area (Å²) in [5.74, 6) is 0.728. The van der Waals surface area contributed by atoms with Crippen molar-refractivity contribution in [1.29, 1.82) is 0 Å². The fourth-order valence-corrected chi connectivity index (χ4v) is 3.82. The van der Waals surface area contributed by atoms with Crippen LogP contribution in [0, 0.1) is 0 Å². The number of rotatable bonds is 7.